The topological polar surface area (TPSA) is 86.8 Å². The summed E-state index contributed by atoms with van der Waals surface area (Å²) in [6.07, 6.45) is 0.218. The molecule has 0 aliphatic heterocycles. The molecule has 0 heterocycles. The van der Waals surface area contributed by atoms with Crippen LogP contribution in [0.25, 0.3) is 0 Å². The lowest BCUT2D eigenvalue weighted by Gasteiger charge is -2.34. The molecule has 11 heteroatoms. The van der Waals surface area contributed by atoms with E-state index in [4.69, 9.17) is 23.2 Å². The lowest BCUT2D eigenvalue weighted by Crippen LogP contribution is -2.53. The summed E-state index contributed by atoms with van der Waals surface area (Å²) in [4.78, 5) is 29.3. The van der Waals surface area contributed by atoms with Crippen LogP contribution in [0.3, 0.4) is 0 Å². The van der Waals surface area contributed by atoms with Gasteiger partial charge in [0.05, 0.1) is 20.6 Å². The van der Waals surface area contributed by atoms with Crippen molar-refractivity contribution < 1.29 is 18.0 Å². The summed E-state index contributed by atoms with van der Waals surface area (Å²) >= 11 is 16.3. The maximum Gasteiger partial charge on any atom is 0.264 e. The highest BCUT2D eigenvalue weighted by Gasteiger charge is 2.35. The highest BCUT2D eigenvalue weighted by Crippen LogP contribution is 2.35. The highest BCUT2D eigenvalue weighted by atomic mass is 79.9. The van der Waals surface area contributed by atoms with Gasteiger partial charge in [0, 0.05) is 24.0 Å². The van der Waals surface area contributed by atoms with Crippen molar-refractivity contribution in [1.29, 1.82) is 0 Å². The van der Waals surface area contributed by atoms with Crippen LogP contribution < -0.4 is 9.62 Å². The zero-order valence-electron chi connectivity index (χ0n) is 23.3. The lowest BCUT2D eigenvalue weighted by molar-refractivity contribution is -0.140. The largest absolute Gasteiger partial charge is 0.355 e. The molecule has 43 heavy (non-hydrogen) atoms. The van der Waals surface area contributed by atoms with E-state index < -0.39 is 28.5 Å². The molecule has 0 fully saturated rings. The zero-order chi connectivity index (χ0) is 31.0. The highest BCUT2D eigenvalue weighted by molar-refractivity contribution is 9.10. The van der Waals surface area contributed by atoms with Crippen molar-refractivity contribution in [3.05, 3.63) is 129 Å². The van der Waals surface area contributed by atoms with E-state index in [0.29, 0.717) is 6.54 Å². The van der Waals surface area contributed by atoms with Crippen LogP contribution in [0.1, 0.15) is 18.1 Å². The van der Waals surface area contributed by atoms with E-state index in [1.165, 1.54) is 29.2 Å². The van der Waals surface area contributed by atoms with E-state index in [9.17, 15) is 18.0 Å². The Bertz CT molecular complexity index is 1670. The van der Waals surface area contributed by atoms with Gasteiger partial charge in [-0.25, -0.2) is 8.42 Å². The van der Waals surface area contributed by atoms with Crippen molar-refractivity contribution in [3.8, 4) is 0 Å². The number of carbonyl (C=O) groups is 2. The molecule has 2 amide bonds. The number of carbonyl (C=O) groups excluding carboxylic acids is 2. The molecule has 4 rings (SSSR count). The van der Waals surface area contributed by atoms with Crippen molar-refractivity contribution in [3.63, 3.8) is 0 Å². The molecule has 7 nitrogen and oxygen atoms in total. The first-order chi connectivity index (χ1) is 20.6. The predicted octanol–water partition coefficient (Wildman–Crippen LogP) is 6.73. The molecule has 0 spiro atoms. The molecule has 4 aromatic rings. The first-order valence-electron chi connectivity index (χ1n) is 13.5. The monoisotopic (exact) mass is 701 g/mol. The summed E-state index contributed by atoms with van der Waals surface area (Å²) in [7, 11) is -4.28. The van der Waals surface area contributed by atoms with E-state index in [2.05, 4.69) is 21.2 Å². The Morgan fingerprint density at radius 2 is 1.49 bits per heavy atom. The number of nitrogens with one attached hydrogen (secondary N) is 1. The Hall–Kier alpha value is -3.37. The SMILES string of the molecule is CCNC(=O)C(Cc1ccccc1)N(Cc1cccc(Br)c1)C(=O)CN(c1cccc(Cl)c1Cl)S(=O)(=O)c1ccccc1. The summed E-state index contributed by atoms with van der Waals surface area (Å²) in [5.74, 6) is -0.948. The van der Waals surface area contributed by atoms with Gasteiger partial charge in [0.1, 0.15) is 12.6 Å². The van der Waals surface area contributed by atoms with Gasteiger partial charge in [0.15, 0.2) is 0 Å². The van der Waals surface area contributed by atoms with Crippen LogP contribution in [-0.2, 0) is 32.6 Å². The quantitative estimate of drug-likeness (QED) is 0.178. The molecule has 224 valence electrons. The van der Waals surface area contributed by atoms with E-state index in [1.807, 2.05) is 54.6 Å². The van der Waals surface area contributed by atoms with Crippen LogP contribution in [0, 0.1) is 0 Å². The molecule has 0 bridgehead atoms. The van der Waals surface area contributed by atoms with E-state index >= 15 is 0 Å². The summed E-state index contributed by atoms with van der Waals surface area (Å²) < 4.78 is 29.8. The van der Waals surface area contributed by atoms with Crippen LogP contribution >= 0.6 is 39.1 Å². The van der Waals surface area contributed by atoms with E-state index in [0.717, 1.165) is 19.9 Å². The molecule has 0 aliphatic carbocycles. The molecule has 0 aromatic heterocycles. The average molecular weight is 703 g/mol. The Kier molecular flexibility index (Phi) is 11.3. The molecule has 0 saturated carbocycles. The Labute approximate surface area is 270 Å². The van der Waals surface area contributed by atoms with Gasteiger partial charge in [-0.05, 0) is 54.4 Å². The smallest absolute Gasteiger partial charge is 0.264 e. The van der Waals surface area contributed by atoms with Gasteiger partial charge >= 0.3 is 0 Å². The third-order valence-corrected chi connectivity index (χ3v) is 9.75. The number of sulfonamides is 1. The fourth-order valence-corrected chi connectivity index (χ4v) is 6.94. The van der Waals surface area contributed by atoms with Crippen molar-refractivity contribution in [1.82, 2.24) is 10.2 Å². The Balaban J connectivity index is 1.82. The molecular weight excluding hydrogens is 673 g/mol. The number of likely N-dealkylation sites (N-methyl/N-ethyl adjacent to an activating group) is 1. The molecule has 1 unspecified atom stereocenters. The van der Waals surface area contributed by atoms with Crippen molar-refractivity contribution in [2.45, 2.75) is 30.8 Å². The van der Waals surface area contributed by atoms with Crippen LogP contribution in [0.15, 0.2) is 112 Å². The van der Waals surface area contributed by atoms with Crippen LogP contribution in [-0.4, -0.2) is 44.3 Å². The van der Waals surface area contributed by atoms with E-state index in [-0.39, 0.29) is 39.5 Å². The number of hydrogen-bond acceptors (Lipinski definition) is 4. The van der Waals surface area contributed by atoms with Crippen molar-refractivity contribution in [2.24, 2.45) is 0 Å². The zero-order valence-corrected chi connectivity index (χ0v) is 27.2. The minimum absolute atomic E-state index is 0.0143. The maximum atomic E-state index is 14.4. The number of nitrogens with zero attached hydrogens (tertiary/aromatic N) is 2. The first-order valence-corrected chi connectivity index (χ1v) is 16.5. The number of benzene rings is 4. The maximum absolute atomic E-state index is 14.4. The Morgan fingerprint density at radius 3 is 2.14 bits per heavy atom. The Morgan fingerprint density at radius 1 is 0.860 bits per heavy atom. The normalized spacial score (nSPS) is 11.9. The second-order valence-corrected chi connectivity index (χ2v) is 13.2. The summed E-state index contributed by atoms with van der Waals surface area (Å²) in [6, 6.07) is 28.2. The fraction of sp³-hybridized carbons (Fsp3) is 0.188. The third-order valence-electron chi connectivity index (χ3n) is 6.67. The molecule has 0 radical (unpaired) electrons. The number of rotatable bonds is 12. The molecule has 0 aliphatic rings. The van der Waals surface area contributed by atoms with Crippen LogP contribution in [0.2, 0.25) is 10.0 Å². The number of hydrogen-bond donors (Lipinski definition) is 1. The number of anilines is 1. The summed E-state index contributed by atoms with van der Waals surface area (Å²) in [5, 5.41) is 2.96. The predicted molar refractivity (Wildman–Crippen MR) is 175 cm³/mol. The van der Waals surface area contributed by atoms with Gasteiger partial charge in [-0.15, -0.1) is 0 Å². The fourth-order valence-electron chi connectivity index (χ4n) is 4.60. The van der Waals surface area contributed by atoms with Gasteiger partial charge < -0.3 is 10.2 Å². The first kappa shape index (κ1) is 32.5. The number of halogens is 3. The minimum atomic E-state index is -4.28. The summed E-state index contributed by atoms with van der Waals surface area (Å²) in [6.45, 7) is 1.58. The van der Waals surface area contributed by atoms with Crippen molar-refractivity contribution in [2.75, 3.05) is 17.4 Å². The molecule has 4 aromatic carbocycles. The van der Waals surface area contributed by atoms with Crippen LogP contribution in [0.4, 0.5) is 5.69 Å². The molecule has 1 N–H and O–H groups in total. The standard InChI is InChI=1S/C32H30BrCl2N3O4S/c1-2-36-32(40)29(20-23-11-5-3-6-12-23)37(21-24-13-9-14-25(33)19-24)30(39)22-38(28-18-10-17-27(34)31(28)35)43(41,42)26-15-7-4-8-16-26/h3-19,29H,2,20-22H2,1H3,(H,36,40). The molecule has 1 atom stereocenters. The number of amides is 2. The van der Waals surface area contributed by atoms with E-state index in [1.54, 1.807) is 31.2 Å². The minimum Gasteiger partial charge on any atom is -0.355 e. The average Bonchev–Trinajstić information content (AvgIpc) is 3.00. The third kappa shape index (κ3) is 8.17. The van der Waals surface area contributed by atoms with Gasteiger partial charge in [-0.2, -0.15) is 0 Å². The molecular formula is C32H30BrCl2N3O4S. The second kappa shape index (κ2) is 14.9. The van der Waals surface area contributed by atoms with Crippen molar-refractivity contribution >= 4 is 66.7 Å². The van der Waals surface area contributed by atoms with Gasteiger partial charge in [-0.3, -0.25) is 13.9 Å². The molecule has 0 saturated heterocycles. The lowest BCUT2D eigenvalue weighted by atomic mass is 10.0. The second-order valence-electron chi connectivity index (χ2n) is 9.65. The van der Waals surface area contributed by atoms with Gasteiger partial charge in [0.2, 0.25) is 11.8 Å². The van der Waals surface area contributed by atoms with Gasteiger partial charge in [-0.1, -0.05) is 106 Å². The van der Waals surface area contributed by atoms with Gasteiger partial charge in [0.25, 0.3) is 10.0 Å². The summed E-state index contributed by atoms with van der Waals surface area (Å²) in [5.41, 5.74) is 1.65. The van der Waals surface area contributed by atoms with Crippen LogP contribution in [0.5, 0.6) is 0 Å².